The molecule has 0 radical (unpaired) electrons. The van der Waals surface area contributed by atoms with E-state index in [0.29, 0.717) is 23.1 Å². The van der Waals surface area contributed by atoms with Gasteiger partial charge in [-0.25, -0.2) is 9.47 Å². The minimum atomic E-state index is -0.391. The fourth-order valence-corrected chi connectivity index (χ4v) is 2.44. The number of esters is 1. The third-order valence-electron chi connectivity index (χ3n) is 3.03. The molecule has 1 aromatic heterocycles. The van der Waals surface area contributed by atoms with Crippen molar-refractivity contribution in [1.29, 1.82) is 0 Å². The molecule has 0 atom stereocenters. The highest BCUT2D eigenvalue weighted by molar-refractivity contribution is 7.99. The fraction of sp³-hybridized carbons (Fsp3) is 0.286. The molecule has 122 valence electrons. The van der Waals surface area contributed by atoms with E-state index in [1.807, 2.05) is 0 Å². The normalized spacial score (nSPS) is 10.3. The quantitative estimate of drug-likeness (QED) is 0.449. The number of nitrogens with one attached hydrogen (secondary N) is 1. The number of nitrogens with zero attached hydrogens (tertiary/aromatic N) is 3. The largest absolute Gasteiger partial charge is 0.465 e. The predicted octanol–water partition coefficient (Wildman–Crippen LogP) is 0.495. The third-order valence-corrected chi connectivity index (χ3v) is 3.98. The molecule has 0 fully saturated rings. The van der Waals surface area contributed by atoms with Crippen LogP contribution in [0.15, 0.2) is 29.4 Å². The van der Waals surface area contributed by atoms with E-state index >= 15 is 0 Å². The molecule has 9 heteroatoms. The van der Waals surface area contributed by atoms with Crippen LogP contribution in [0.5, 0.6) is 0 Å². The average molecular weight is 335 g/mol. The standard InChI is InChI=1S/C14H17N5O3S/c1-9-17-18-14(19(9)15)23-8-12(20)16-7-10-3-5-11(6-4-10)13(21)22-2/h3-6H,7-8,15H2,1-2H3,(H,16,20). The first-order chi connectivity index (χ1) is 11.0. The van der Waals surface area contributed by atoms with Gasteiger partial charge in [0.05, 0.1) is 18.4 Å². The van der Waals surface area contributed by atoms with E-state index in [0.717, 1.165) is 5.56 Å². The number of aryl methyl sites for hydroxylation is 1. The van der Waals surface area contributed by atoms with Gasteiger partial charge in [0.25, 0.3) is 0 Å². The zero-order valence-electron chi connectivity index (χ0n) is 12.8. The molecule has 0 aliphatic carbocycles. The molecule has 0 unspecified atom stereocenters. The summed E-state index contributed by atoms with van der Waals surface area (Å²) in [6.07, 6.45) is 0. The van der Waals surface area contributed by atoms with Gasteiger partial charge in [-0.3, -0.25) is 4.79 Å². The van der Waals surface area contributed by atoms with Gasteiger partial charge in [0.15, 0.2) is 0 Å². The number of methoxy groups -OCH3 is 1. The van der Waals surface area contributed by atoms with Crippen molar-refractivity contribution < 1.29 is 14.3 Å². The van der Waals surface area contributed by atoms with Crippen LogP contribution in [-0.4, -0.2) is 39.6 Å². The summed E-state index contributed by atoms with van der Waals surface area (Å²) < 4.78 is 5.96. The zero-order valence-corrected chi connectivity index (χ0v) is 13.6. The molecule has 8 nitrogen and oxygen atoms in total. The molecule has 0 saturated carbocycles. The Morgan fingerprint density at radius 2 is 2.00 bits per heavy atom. The molecule has 23 heavy (non-hydrogen) atoms. The van der Waals surface area contributed by atoms with Crippen LogP contribution >= 0.6 is 11.8 Å². The van der Waals surface area contributed by atoms with Gasteiger partial charge in [0.1, 0.15) is 5.82 Å². The lowest BCUT2D eigenvalue weighted by Gasteiger charge is -2.06. The highest BCUT2D eigenvalue weighted by Gasteiger charge is 2.10. The van der Waals surface area contributed by atoms with Crippen molar-refractivity contribution in [2.24, 2.45) is 0 Å². The maximum Gasteiger partial charge on any atom is 0.337 e. The molecule has 2 rings (SSSR count). The number of rotatable bonds is 6. The Hall–Kier alpha value is -2.55. The molecule has 2 aromatic rings. The van der Waals surface area contributed by atoms with Crippen LogP contribution in [0.1, 0.15) is 21.7 Å². The van der Waals surface area contributed by atoms with Gasteiger partial charge in [0, 0.05) is 6.54 Å². The third kappa shape index (κ3) is 4.46. The van der Waals surface area contributed by atoms with Crippen molar-refractivity contribution in [1.82, 2.24) is 20.2 Å². The Balaban J connectivity index is 1.80. The molecular weight excluding hydrogens is 318 g/mol. The Morgan fingerprint density at radius 3 is 2.57 bits per heavy atom. The number of thioether (sulfide) groups is 1. The van der Waals surface area contributed by atoms with Crippen LogP contribution in [0.4, 0.5) is 0 Å². The molecule has 1 amide bonds. The van der Waals surface area contributed by atoms with Crippen LogP contribution < -0.4 is 11.2 Å². The lowest BCUT2D eigenvalue weighted by Crippen LogP contribution is -2.25. The number of nitrogen functional groups attached to an aromatic ring is 1. The molecule has 0 bridgehead atoms. The number of amides is 1. The van der Waals surface area contributed by atoms with E-state index in [1.54, 1.807) is 31.2 Å². The molecule has 0 saturated heterocycles. The van der Waals surface area contributed by atoms with Gasteiger partial charge >= 0.3 is 5.97 Å². The maximum atomic E-state index is 11.8. The Morgan fingerprint density at radius 1 is 1.30 bits per heavy atom. The van der Waals surface area contributed by atoms with E-state index in [-0.39, 0.29) is 11.7 Å². The van der Waals surface area contributed by atoms with E-state index < -0.39 is 5.97 Å². The van der Waals surface area contributed by atoms with Gasteiger partial charge in [-0.2, -0.15) is 0 Å². The summed E-state index contributed by atoms with van der Waals surface area (Å²) in [6, 6.07) is 6.84. The van der Waals surface area contributed by atoms with Gasteiger partial charge < -0.3 is 15.9 Å². The lowest BCUT2D eigenvalue weighted by molar-refractivity contribution is -0.118. The van der Waals surface area contributed by atoms with Crippen LogP contribution in [0.25, 0.3) is 0 Å². The summed E-state index contributed by atoms with van der Waals surface area (Å²) in [6.45, 7) is 2.10. The predicted molar refractivity (Wildman–Crippen MR) is 85.3 cm³/mol. The van der Waals surface area contributed by atoms with Crippen LogP contribution in [0.2, 0.25) is 0 Å². The Kier molecular flexibility index (Phi) is 5.58. The monoisotopic (exact) mass is 335 g/mol. The summed E-state index contributed by atoms with van der Waals surface area (Å²) >= 11 is 1.21. The van der Waals surface area contributed by atoms with E-state index in [2.05, 4.69) is 20.3 Å². The van der Waals surface area contributed by atoms with Crippen molar-refractivity contribution in [2.45, 2.75) is 18.6 Å². The zero-order chi connectivity index (χ0) is 16.8. The van der Waals surface area contributed by atoms with Gasteiger partial charge in [0.2, 0.25) is 11.1 Å². The van der Waals surface area contributed by atoms with Crippen molar-refractivity contribution in [3.05, 3.63) is 41.2 Å². The molecule has 0 aliphatic rings. The SMILES string of the molecule is COC(=O)c1ccc(CNC(=O)CSc2nnc(C)n2N)cc1. The van der Waals surface area contributed by atoms with Crippen molar-refractivity contribution in [3.63, 3.8) is 0 Å². The summed E-state index contributed by atoms with van der Waals surface area (Å²) in [5, 5.41) is 11.0. The number of carbonyl (C=O) groups is 2. The Bertz CT molecular complexity index is 699. The van der Waals surface area contributed by atoms with E-state index in [9.17, 15) is 9.59 Å². The summed E-state index contributed by atoms with van der Waals surface area (Å²) in [4.78, 5) is 23.1. The highest BCUT2D eigenvalue weighted by Crippen LogP contribution is 2.13. The summed E-state index contributed by atoms with van der Waals surface area (Å²) in [7, 11) is 1.33. The fourth-order valence-electron chi connectivity index (χ4n) is 1.71. The van der Waals surface area contributed by atoms with Gasteiger partial charge in [-0.05, 0) is 24.6 Å². The van der Waals surface area contributed by atoms with Crippen LogP contribution in [-0.2, 0) is 16.1 Å². The average Bonchev–Trinajstić information content (AvgIpc) is 2.89. The number of hydrogen-bond donors (Lipinski definition) is 2. The van der Waals surface area contributed by atoms with E-state index in [4.69, 9.17) is 5.84 Å². The second-order valence-electron chi connectivity index (χ2n) is 4.65. The lowest BCUT2D eigenvalue weighted by atomic mass is 10.1. The molecule has 1 heterocycles. The topological polar surface area (TPSA) is 112 Å². The van der Waals surface area contributed by atoms with Gasteiger partial charge in [-0.15, -0.1) is 10.2 Å². The molecule has 0 spiro atoms. The smallest absolute Gasteiger partial charge is 0.337 e. The second kappa shape index (κ2) is 7.63. The minimum Gasteiger partial charge on any atom is -0.465 e. The first kappa shape index (κ1) is 16.8. The highest BCUT2D eigenvalue weighted by atomic mass is 32.2. The van der Waals surface area contributed by atoms with Crippen LogP contribution in [0.3, 0.4) is 0 Å². The number of benzene rings is 1. The molecular formula is C14H17N5O3S. The summed E-state index contributed by atoms with van der Waals surface area (Å²) in [5.41, 5.74) is 1.35. The number of ether oxygens (including phenoxy) is 1. The van der Waals surface area contributed by atoms with Crippen LogP contribution in [0, 0.1) is 6.92 Å². The molecule has 0 aliphatic heterocycles. The summed E-state index contributed by atoms with van der Waals surface area (Å²) in [5.74, 6) is 5.94. The van der Waals surface area contributed by atoms with Crippen molar-refractivity contribution >= 4 is 23.6 Å². The minimum absolute atomic E-state index is 0.146. The number of aromatic nitrogens is 3. The van der Waals surface area contributed by atoms with E-state index in [1.165, 1.54) is 23.5 Å². The second-order valence-corrected chi connectivity index (χ2v) is 5.60. The maximum absolute atomic E-state index is 11.8. The first-order valence-electron chi connectivity index (χ1n) is 6.75. The number of hydrogen-bond acceptors (Lipinski definition) is 7. The molecule has 1 aromatic carbocycles. The van der Waals surface area contributed by atoms with Crippen molar-refractivity contribution in [3.8, 4) is 0 Å². The Labute approximate surface area is 137 Å². The van der Waals surface area contributed by atoms with Gasteiger partial charge in [-0.1, -0.05) is 23.9 Å². The molecule has 3 N–H and O–H groups in total. The van der Waals surface area contributed by atoms with Crippen molar-refractivity contribution in [2.75, 3.05) is 18.7 Å². The first-order valence-corrected chi connectivity index (χ1v) is 7.73. The number of nitrogens with two attached hydrogens (primary N) is 1. The number of carbonyl (C=O) groups excluding carboxylic acids is 2.